The number of carboxylic acid groups (broad SMARTS) is 1. The minimum Gasteiger partial charge on any atom is -0.870 e. The summed E-state index contributed by atoms with van der Waals surface area (Å²) < 4.78 is 4.59. The van der Waals surface area contributed by atoms with Crippen molar-refractivity contribution in [1.82, 2.24) is 0 Å². The van der Waals surface area contributed by atoms with Crippen molar-refractivity contribution in [2.24, 2.45) is 0 Å². The van der Waals surface area contributed by atoms with Gasteiger partial charge < -0.3 is 15.3 Å². The largest absolute Gasteiger partial charge is 1.00 e. The summed E-state index contributed by atoms with van der Waals surface area (Å²) in [5.74, 6) is 4.43. The average molecular weight is 639 g/mol. The molecule has 0 radical (unpaired) electrons. The molecule has 0 amide bonds. The van der Waals surface area contributed by atoms with E-state index in [-0.39, 0.29) is 36.7 Å². The Morgan fingerprint density at radius 1 is 0.532 bits per heavy atom. The number of rotatable bonds is 26. The first kappa shape index (κ1) is 50.4. The first-order valence-corrected chi connectivity index (χ1v) is 16.4. The van der Waals surface area contributed by atoms with Crippen LogP contribution < -0.4 is 18.9 Å². The molecule has 0 unspecified atom stereocenters. The Labute approximate surface area is 299 Å². The Balaban J connectivity index is -0.000000378. The Hall–Kier alpha value is -3.46. The molecular formula is C41H59LiO5. The average Bonchev–Trinajstić information content (AvgIpc) is 3.04. The number of allylic oxidation sites excluding steroid dienone is 16. The molecule has 0 aromatic heterocycles. The molecule has 5 nitrogen and oxygen atoms in total. The number of carbonyl (C=O) groups excluding carboxylic acids is 1. The van der Waals surface area contributed by atoms with Gasteiger partial charge in [-0.25, -0.2) is 0 Å². The monoisotopic (exact) mass is 638 g/mol. The molecular weight excluding hydrogens is 579 g/mol. The molecule has 0 saturated heterocycles. The molecule has 0 atom stereocenters. The smallest absolute Gasteiger partial charge is 0.870 e. The molecule has 254 valence electrons. The summed E-state index contributed by atoms with van der Waals surface area (Å²) >= 11 is 0. The fourth-order valence-electron chi connectivity index (χ4n) is 3.58. The fourth-order valence-corrected chi connectivity index (χ4v) is 3.58. The van der Waals surface area contributed by atoms with Gasteiger partial charge in [-0.3, -0.25) is 9.59 Å². The number of esters is 1. The van der Waals surface area contributed by atoms with E-state index in [9.17, 15) is 9.59 Å². The normalized spacial score (nSPS) is 11.4. The summed E-state index contributed by atoms with van der Waals surface area (Å²) in [4.78, 5) is 21.2. The van der Waals surface area contributed by atoms with Crippen molar-refractivity contribution in [1.29, 1.82) is 0 Å². The van der Waals surface area contributed by atoms with Crippen LogP contribution in [0.25, 0.3) is 0 Å². The van der Waals surface area contributed by atoms with Crippen LogP contribution in [0.5, 0.6) is 0 Å². The van der Waals surface area contributed by atoms with Gasteiger partial charge in [0.2, 0.25) is 0 Å². The number of terminal acetylenes is 2. The Morgan fingerprint density at radius 3 is 1.09 bits per heavy atom. The first-order valence-electron chi connectivity index (χ1n) is 16.4. The molecule has 0 heterocycles. The minimum absolute atomic E-state index is 0. The molecule has 0 aliphatic carbocycles. The Kier molecular flexibility index (Phi) is 50.3. The summed E-state index contributed by atoms with van der Waals surface area (Å²) in [6.45, 7) is 0. The second-order valence-corrected chi connectivity index (χ2v) is 10.1. The van der Waals surface area contributed by atoms with Crippen LogP contribution in [0.4, 0.5) is 0 Å². The van der Waals surface area contributed by atoms with Gasteiger partial charge in [0.25, 0.3) is 0 Å². The van der Waals surface area contributed by atoms with E-state index in [1.54, 1.807) is 0 Å². The Morgan fingerprint density at radius 2 is 0.809 bits per heavy atom. The molecule has 0 bridgehead atoms. The van der Waals surface area contributed by atoms with E-state index in [1.165, 1.54) is 7.11 Å². The van der Waals surface area contributed by atoms with Crippen LogP contribution in [-0.2, 0) is 14.3 Å². The number of carboxylic acids is 1. The predicted octanol–water partition coefficient (Wildman–Crippen LogP) is 7.80. The molecule has 0 fully saturated rings. The third-order valence-corrected chi connectivity index (χ3v) is 6.09. The molecule has 6 heteroatoms. The second kappa shape index (κ2) is 46.9. The van der Waals surface area contributed by atoms with E-state index in [2.05, 4.69) is 108 Å². The number of ether oxygens (including phenoxy) is 1. The van der Waals surface area contributed by atoms with Crippen LogP contribution in [0, 0.1) is 24.7 Å². The van der Waals surface area contributed by atoms with Gasteiger partial charge in [-0.2, -0.15) is 0 Å². The summed E-state index contributed by atoms with van der Waals surface area (Å²) in [5.41, 5.74) is 0. The molecule has 0 aliphatic heterocycles. The zero-order valence-electron chi connectivity index (χ0n) is 29.2. The van der Waals surface area contributed by atoms with Gasteiger partial charge in [0.05, 0.1) is 7.11 Å². The summed E-state index contributed by atoms with van der Waals surface area (Å²) in [6, 6.07) is 0. The van der Waals surface area contributed by atoms with Crippen LogP contribution in [0.2, 0.25) is 0 Å². The van der Waals surface area contributed by atoms with Crippen LogP contribution in [0.3, 0.4) is 0 Å². The van der Waals surface area contributed by atoms with E-state index >= 15 is 0 Å². The molecule has 2 N–H and O–H groups in total. The third kappa shape index (κ3) is 52.4. The van der Waals surface area contributed by atoms with Crippen molar-refractivity contribution in [3.63, 3.8) is 0 Å². The van der Waals surface area contributed by atoms with Crippen molar-refractivity contribution in [2.45, 2.75) is 116 Å². The topological polar surface area (TPSA) is 93.6 Å². The van der Waals surface area contributed by atoms with Gasteiger partial charge in [0.1, 0.15) is 0 Å². The summed E-state index contributed by atoms with van der Waals surface area (Å²) in [6.07, 6.45) is 60.7. The van der Waals surface area contributed by atoms with Crippen LogP contribution >= 0.6 is 0 Å². The molecule has 0 spiro atoms. The molecule has 0 rings (SSSR count). The zero-order valence-corrected chi connectivity index (χ0v) is 29.2. The van der Waals surface area contributed by atoms with Crippen molar-refractivity contribution < 1.29 is 43.8 Å². The minimum atomic E-state index is -0.720. The zero-order chi connectivity index (χ0) is 33.3. The van der Waals surface area contributed by atoms with Crippen LogP contribution in [0.1, 0.15) is 116 Å². The van der Waals surface area contributed by atoms with E-state index in [0.29, 0.717) is 12.8 Å². The molecule has 47 heavy (non-hydrogen) atoms. The number of hydrogen-bond donors (Lipinski definition) is 1. The first-order chi connectivity index (χ1) is 22.1. The second-order valence-electron chi connectivity index (χ2n) is 10.1. The van der Waals surface area contributed by atoms with Crippen LogP contribution in [0.15, 0.2) is 97.2 Å². The summed E-state index contributed by atoms with van der Waals surface area (Å²) in [5, 5.41) is 8.49. The standard InChI is InChI=1S/C21H30O2.C20H28O2.Li.H2O/c1-3-4-5-6-7-8-9-10-11-12-13-14-15-16-17-18-19-20-21(22)23-2;1-2-3-4-5-6-7-8-9-10-11-12-13-14-15-16-17-18-19-20(21)22;;/h1,7-8,10-11,13-14,16-17H,4-6,9,12,15,18-20H2,2H3;1,6-7,9-10,12-13,15-16H,3-5,8,11,14,17-19H2,(H,21,22);;1H2/q;;+1;/p-1/b8-7-,11-10-,14-13-,17-16-;7-6-,10-9-,13-12-,16-15-;;. The number of methoxy groups -OCH3 is 1. The van der Waals surface area contributed by atoms with Gasteiger partial charge >= 0.3 is 30.8 Å². The maximum atomic E-state index is 10.9. The number of unbranched alkanes of at least 4 members (excludes halogenated alkanes) is 6. The van der Waals surface area contributed by atoms with Crippen molar-refractivity contribution >= 4 is 11.9 Å². The van der Waals surface area contributed by atoms with E-state index in [1.807, 2.05) is 6.08 Å². The molecule has 0 aromatic rings. The maximum absolute atomic E-state index is 10.9. The fraction of sp³-hybridized carbons (Fsp3) is 0.463. The number of carbonyl (C=O) groups is 2. The Bertz CT molecular complexity index is 1030. The van der Waals surface area contributed by atoms with E-state index < -0.39 is 5.97 Å². The van der Waals surface area contributed by atoms with Crippen LogP contribution in [-0.4, -0.2) is 29.6 Å². The SMILES string of the molecule is C#CCCC/C=C\C/C=C\C/C=C\C/C=C\CCCC(=O)O.C#CCCC/C=C\C/C=C\C/C=C\C/C=C\CCCC(=O)OC.[Li+].[OH-]. The molecule has 0 saturated carbocycles. The number of aliphatic carboxylic acids is 1. The maximum Gasteiger partial charge on any atom is 1.00 e. The molecule has 0 aliphatic rings. The van der Waals surface area contributed by atoms with Crippen molar-refractivity contribution in [2.75, 3.05) is 7.11 Å². The predicted molar refractivity (Wildman–Crippen MR) is 195 cm³/mol. The van der Waals surface area contributed by atoms with E-state index in [0.717, 1.165) is 96.3 Å². The van der Waals surface area contributed by atoms with Gasteiger partial charge in [-0.1, -0.05) is 97.2 Å². The third-order valence-electron chi connectivity index (χ3n) is 6.09. The molecule has 0 aromatic carbocycles. The van der Waals surface area contributed by atoms with Crippen molar-refractivity contribution in [3.05, 3.63) is 97.2 Å². The van der Waals surface area contributed by atoms with Gasteiger partial charge in [0, 0.05) is 25.7 Å². The number of hydrogen-bond acceptors (Lipinski definition) is 4. The van der Waals surface area contributed by atoms with E-state index in [4.69, 9.17) is 18.0 Å². The van der Waals surface area contributed by atoms with Gasteiger partial charge in [0.15, 0.2) is 0 Å². The van der Waals surface area contributed by atoms with Gasteiger partial charge in [-0.15, -0.1) is 24.7 Å². The van der Waals surface area contributed by atoms with Crippen molar-refractivity contribution in [3.8, 4) is 24.7 Å². The summed E-state index contributed by atoms with van der Waals surface area (Å²) in [7, 11) is 1.43. The van der Waals surface area contributed by atoms with Gasteiger partial charge in [-0.05, 0) is 89.9 Å². The quantitative estimate of drug-likeness (QED) is 0.0343.